The predicted octanol–water partition coefficient (Wildman–Crippen LogP) is 17.0. The van der Waals surface area contributed by atoms with Crippen LogP contribution in [0, 0.1) is 0 Å². The van der Waals surface area contributed by atoms with Crippen LogP contribution in [0.4, 0.5) is 34.1 Å². The van der Waals surface area contributed by atoms with E-state index in [-0.39, 0.29) is 6.71 Å². The maximum Gasteiger partial charge on any atom is 0.252 e. The maximum absolute atomic E-state index is 2.61. The summed E-state index contributed by atoms with van der Waals surface area (Å²) >= 11 is 0. The highest BCUT2D eigenvalue weighted by molar-refractivity contribution is 7.00. The first-order valence-electron chi connectivity index (χ1n) is 26.6. The molecular formula is C72H47BN4. The van der Waals surface area contributed by atoms with Crippen LogP contribution >= 0.6 is 0 Å². The zero-order valence-corrected chi connectivity index (χ0v) is 42.0. The normalized spacial score (nSPS) is 12.6. The summed E-state index contributed by atoms with van der Waals surface area (Å²) in [5.41, 5.74) is 24.6. The van der Waals surface area contributed by atoms with Crippen molar-refractivity contribution >= 4 is 101 Å². The highest BCUT2D eigenvalue weighted by atomic mass is 15.2. The number of fused-ring (bicyclic) bond motifs is 10. The standard InChI is InChI=1S/C72H47BN4/c1-6-24-48(25-7-1)51-42-70-72-71(43-51)77(63-39-21-17-35-55(63)50-28-10-3-11-29-50)69-45-59-57-37-19-23-41-65(57)75(53-32-14-5-15-33-53)67(59)47-61(69)73(72)60-46-66-58(56-36-18-22-40-64(56)74(66)52-30-12-4-13-31-52)44-68(60)76(70)62-38-20-16-34-54(62)49-26-8-2-9-27-49/h1-47H. The Kier molecular flexibility index (Phi) is 9.70. The first-order valence-corrected chi connectivity index (χ1v) is 26.6. The van der Waals surface area contributed by atoms with Crippen LogP contribution in [-0.4, -0.2) is 15.8 Å². The Morgan fingerprint density at radius 2 is 0.597 bits per heavy atom. The molecule has 4 nitrogen and oxygen atoms in total. The SMILES string of the molecule is c1ccc(-c2cc3c4c(c2)N(c2ccccc2-c2ccccc2)c2cc5c6ccccc6n(-c6ccccc6)c5cc2B4c2cc4c(cc2N3c2ccccc2-c2ccccc2)c2ccccc2n4-c2ccccc2)cc1. The highest BCUT2D eigenvalue weighted by Gasteiger charge is 2.45. The van der Waals surface area contributed by atoms with Gasteiger partial charge in [0.15, 0.2) is 0 Å². The van der Waals surface area contributed by atoms with Gasteiger partial charge in [0, 0.05) is 66.8 Å². The lowest BCUT2D eigenvalue weighted by atomic mass is 9.33. The van der Waals surface area contributed by atoms with E-state index in [0.29, 0.717) is 0 Å². The maximum atomic E-state index is 2.61. The van der Waals surface area contributed by atoms with E-state index in [1.54, 1.807) is 0 Å². The molecule has 16 rings (SSSR count). The molecule has 2 aromatic heterocycles. The van der Waals surface area contributed by atoms with E-state index in [0.717, 1.165) is 45.3 Å². The average Bonchev–Trinajstić information content (AvgIpc) is 4.18. The van der Waals surface area contributed by atoms with E-state index in [1.807, 2.05) is 0 Å². The van der Waals surface area contributed by atoms with Gasteiger partial charge in [-0.15, -0.1) is 0 Å². The van der Waals surface area contributed by atoms with Crippen molar-refractivity contribution in [3.05, 3.63) is 285 Å². The summed E-state index contributed by atoms with van der Waals surface area (Å²) in [6, 6.07) is 106. The first-order chi connectivity index (χ1) is 38.2. The molecule has 0 fully saturated rings. The van der Waals surface area contributed by atoms with Gasteiger partial charge in [0.25, 0.3) is 6.71 Å². The van der Waals surface area contributed by atoms with Crippen LogP contribution in [0.15, 0.2) is 285 Å². The summed E-state index contributed by atoms with van der Waals surface area (Å²) < 4.78 is 4.95. The second-order valence-electron chi connectivity index (χ2n) is 20.4. The second-order valence-corrected chi connectivity index (χ2v) is 20.4. The van der Waals surface area contributed by atoms with Crippen molar-refractivity contribution in [2.24, 2.45) is 0 Å². The number of hydrogen-bond donors (Lipinski definition) is 0. The minimum atomic E-state index is -0.187. The number of hydrogen-bond acceptors (Lipinski definition) is 2. The van der Waals surface area contributed by atoms with Gasteiger partial charge in [-0.3, -0.25) is 0 Å². The molecule has 0 aliphatic carbocycles. The van der Waals surface area contributed by atoms with Gasteiger partial charge in [-0.2, -0.15) is 0 Å². The number of benzene rings is 12. The molecule has 358 valence electrons. The highest BCUT2D eigenvalue weighted by Crippen LogP contribution is 2.51. The third-order valence-electron chi connectivity index (χ3n) is 16.2. The van der Waals surface area contributed by atoms with Gasteiger partial charge in [-0.1, -0.05) is 200 Å². The lowest BCUT2D eigenvalue weighted by Gasteiger charge is -2.45. The second kappa shape index (κ2) is 17.2. The number of rotatable bonds is 7. The van der Waals surface area contributed by atoms with Crippen molar-refractivity contribution < 1.29 is 0 Å². The largest absolute Gasteiger partial charge is 0.311 e. The molecule has 4 heterocycles. The molecule has 5 heteroatoms. The van der Waals surface area contributed by atoms with Gasteiger partial charge in [0.1, 0.15) is 0 Å². The molecule has 77 heavy (non-hydrogen) atoms. The Morgan fingerprint density at radius 1 is 0.234 bits per heavy atom. The van der Waals surface area contributed by atoms with Gasteiger partial charge in [0.2, 0.25) is 0 Å². The number of para-hydroxylation sites is 6. The number of nitrogens with zero attached hydrogens (tertiary/aromatic N) is 4. The minimum absolute atomic E-state index is 0.187. The molecule has 2 aliphatic rings. The summed E-state index contributed by atoms with van der Waals surface area (Å²) in [6.45, 7) is -0.187. The van der Waals surface area contributed by atoms with Crippen molar-refractivity contribution in [1.29, 1.82) is 0 Å². The van der Waals surface area contributed by atoms with Crippen LogP contribution in [0.3, 0.4) is 0 Å². The third-order valence-corrected chi connectivity index (χ3v) is 16.2. The Labute approximate surface area is 447 Å². The fourth-order valence-electron chi connectivity index (χ4n) is 13.0. The van der Waals surface area contributed by atoms with Crippen molar-refractivity contribution in [2.75, 3.05) is 9.80 Å². The van der Waals surface area contributed by atoms with E-state index in [2.05, 4.69) is 304 Å². The molecule has 0 spiro atoms. The summed E-state index contributed by atoms with van der Waals surface area (Å²) in [5.74, 6) is 0. The van der Waals surface area contributed by atoms with Crippen LogP contribution in [-0.2, 0) is 0 Å². The molecular weight excluding hydrogens is 932 g/mol. The van der Waals surface area contributed by atoms with E-state index >= 15 is 0 Å². The zero-order valence-electron chi connectivity index (χ0n) is 42.0. The third kappa shape index (κ3) is 6.60. The average molecular weight is 979 g/mol. The van der Waals surface area contributed by atoms with Crippen LogP contribution in [0.2, 0.25) is 0 Å². The van der Waals surface area contributed by atoms with E-state index < -0.39 is 0 Å². The quantitative estimate of drug-likeness (QED) is 0.148. The minimum Gasteiger partial charge on any atom is -0.311 e. The van der Waals surface area contributed by atoms with Gasteiger partial charge in [-0.25, -0.2) is 0 Å². The molecule has 0 atom stereocenters. The number of anilines is 6. The Morgan fingerprint density at radius 3 is 1.04 bits per heavy atom. The molecule has 0 unspecified atom stereocenters. The zero-order chi connectivity index (χ0) is 50.6. The molecule has 14 aromatic rings. The van der Waals surface area contributed by atoms with E-state index in [9.17, 15) is 0 Å². The topological polar surface area (TPSA) is 16.3 Å². The fraction of sp³-hybridized carbons (Fsp3) is 0. The lowest BCUT2D eigenvalue weighted by molar-refractivity contribution is 1.18. The molecule has 0 bridgehead atoms. The lowest BCUT2D eigenvalue weighted by Crippen LogP contribution is -2.61. The van der Waals surface area contributed by atoms with Crippen LogP contribution in [0.1, 0.15) is 0 Å². The van der Waals surface area contributed by atoms with Gasteiger partial charge < -0.3 is 18.9 Å². The van der Waals surface area contributed by atoms with Gasteiger partial charge in [0.05, 0.1) is 33.4 Å². The molecule has 0 amide bonds. The van der Waals surface area contributed by atoms with Crippen LogP contribution < -0.4 is 26.2 Å². The summed E-state index contributed by atoms with van der Waals surface area (Å²) in [4.78, 5) is 5.22. The smallest absolute Gasteiger partial charge is 0.252 e. The molecule has 0 radical (unpaired) electrons. The van der Waals surface area contributed by atoms with Crippen molar-refractivity contribution in [3.63, 3.8) is 0 Å². The van der Waals surface area contributed by atoms with Crippen LogP contribution in [0.25, 0.3) is 88.4 Å². The summed E-state index contributed by atoms with van der Waals surface area (Å²) in [7, 11) is 0. The van der Waals surface area contributed by atoms with Gasteiger partial charge >= 0.3 is 0 Å². The van der Waals surface area contributed by atoms with Gasteiger partial charge in [-0.05, 0) is 124 Å². The first kappa shape index (κ1) is 43.3. The molecule has 12 aromatic carbocycles. The number of aromatic nitrogens is 2. The van der Waals surface area contributed by atoms with E-state index in [4.69, 9.17) is 0 Å². The van der Waals surface area contributed by atoms with E-state index in [1.165, 1.54) is 93.6 Å². The van der Waals surface area contributed by atoms with Crippen molar-refractivity contribution in [1.82, 2.24) is 9.13 Å². The molecule has 0 saturated carbocycles. The fourth-order valence-corrected chi connectivity index (χ4v) is 13.0. The Hall–Kier alpha value is -10.1. The Balaban J connectivity index is 1.11. The summed E-state index contributed by atoms with van der Waals surface area (Å²) in [5, 5.41) is 4.86. The predicted molar refractivity (Wildman–Crippen MR) is 325 cm³/mol. The van der Waals surface area contributed by atoms with Crippen molar-refractivity contribution in [2.45, 2.75) is 0 Å². The molecule has 0 saturated heterocycles. The summed E-state index contributed by atoms with van der Waals surface area (Å²) in [6.07, 6.45) is 0. The van der Waals surface area contributed by atoms with Crippen LogP contribution in [0.5, 0.6) is 0 Å². The monoisotopic (exact) mass is 978 g/mol. The Bertz CT molecular complexity index is 4350. The van der Waals surface area contributed by atoms with Crippen molar-refractivity contribution in [3.8, 4) is 44.8 Å². The molecule has 2 aliphatic heterocycles. The molecule has 0 N–H and O–H groups in total.